The largest absolute Gasteiger partial charge is 0.394 e. The summed E-state index contributed by atoms with van der Waals surface area (Å²) in [6, 6.07) is -0.830. The Balaban J connectivity index is 3.41. The highest BCUT2D eigenvalue weighted by atomic mass is 16.3. The Morgan fingerprint density at radius 1 is 0.381 bits per heavy atom. The van der Waals surface area contributed by atoms with E-state index >= 15 is 0 Å². The highest BCUT2D eigenvalue weighted by Gasteiger charge is 2.26. The molecular weight excluding hydrogens is 775 g/mol. The fourth-order valence-electron chi connectivity index (χ4n) is 8.83. The maximum absolute atomic E-state index is 12.4. The molecule has 3 atom stereocenters. The quantitative estimate of drug-likeness (QED) is 0.0362. The first-order valence-corrected chi connectivity index (χ1v) is 28.3. The van der Waals surface area contributed by atoms with Crippen LogP contribution in [0.15, 0.2) is 36.5 Å². The molecule has 0 radical (unpaired) electrons. The molecule has 0 aliphatic heterocycles. The van der Waals surface area contributed by atoms with E-state index in [1.807, 2.05) is 0 Å². The second-order valence-electron chi connectivity index (χ2n) is 19.5. The third-order valence-corrected chi connectivity index (χ3v) is 13.2. The maximum Gasteiger partial charge on any atom is 0.220 e. The molecule has 0 bridgehead atoms. The zero-order valence-electron chi connectivity index (χ0n) is 42.5. The van der Waals surface area contributed by atoms with E-state index in [2.05, 4.69) is 55.6 Å². The Morgan fingerprint density at radius 3 is 1.03 bits per heavy atom. The fourth-order valence-corrected chi connectivity index (χ4v) is 8.83. The Hall–Kier alpha value is -1.43. The molecular formula is C58H111NO4. The number of hydrogen-bond donors (Lipinski definition) is 4. The van der Waals surface area contributed by atoms with Gasteiger partial charge in [-0.05, 0) is 70.6 Å². The van der Waals surface area contributed by atoms with Gasteiger partial charge in [0.15, 0.2) is 0 Å². The summed E-state index contributed by atoms with van der Waals surface area (Å²) < 4.78 is 0. The summed E-state index contributed by atoms with van der Waals surface area (Å²) in [5.41, 5.74) is 0. The molecule has 0 aliphatic carbocycles. The topological polar surface area (TPSA) is 89.8 Å². The Morgan fingerprint density at radius 2 is 0.683 bits per heavy atom. The molecule has 0 fully saturated rings. The average Bonchev–Trinajstić information content (AvgIpc) is 3.29. The van der Waals surface area contributed by atoms with Crippen LogP contribution in [0.25, 0.3) is 0 Å². The Labute approximate surface area is 394 Å². The predicted molar refractivity (Wildman–Crippen MR) is 278 cm³/mol. The van der Waals surface area contributed by atoms with E-state index in [4.69, 9.17) is 0 Å². The molecule has 0 aliphatic rings. The minimum Gasteiger partial charge on any atom is -0.394 e. The Bertz CT molecular complexity index is 978. The molecule has 5 nitrogen and oxygen atoms in total. The second kappa shape index (κ2) is 53.2. The number of unbranched alkanes of at least 4 members (excludes halogenated alkanes) is 38. The van der Waals surface area contributed by atoms with Gasteiger partial charge in [0.1, 0.15) is 6.10 Å². The van der Waals surface area contributed by atoms with E-state index in [-0.39, 0.29) is 12.5 Å². The first-order chi connectivity index (χ1) is 31.1. The summed E-state index contributed by atoms with van der Waals surface area (Å²) in [5.74, 6) is -0.157. The molecule has 0 aromatic heterocycles. The van der Waals surface area contributed by atoms with Crippen molar-refractivity contribution in [1.29, 1.82) is 0 Å². The van der Waals surface area contributed by atoms with Crippen LogP contribution in [0.5, 0.6) is 0 Å². The number of carbonyl (C=O) groups excluding carboxylic acids is 1. The van der Waals surface area contributed by atoms with Gasteiger partial charge >= 0.3 is 0 Å². The van der Waals surface area contributed by atoms with Crippen molar-refractivity contribution in [2.24, 2.45) is 0 Å². The minimum atomic E-state index is -1.16. The number of nitrogens with one attached hydrogen (secondary N) is 1. The van der Waals surface area contributed by atoms with Gasteiger partial charge in [-0.3, -0.25) is 4.79 Å². The fraction of sp³-hybridized carbons (Fsp3) is 0.879. The summed E-state index contributed by atoms with van der Waals surface area (Å²) in [6.45, 7) is 4.10. The van der Waals surface area contributed by atoms with Crippen molar-refractivity contribution in [2.45, 2.75) is 321 Å². The smallest absolute Gasteiger partial charge is 0.220 e. The van der Waals surface area contributed by atoms with Crippen LogP contribution in [0.3, 0.4) is 0 Å². The van der Waals surface area contributed by atoms with Crippen LogP contribution >= 0.6 is 0 Å². The molecule has 372 valence electrons. The van der Waals surface area contributed by atoms with Gasteiger partial charge in [-0.2, -0.15) is 0 Å². The van der Waals surface area contributed by atoms with Gasteiger partial charge in [-0.15, -0.1) is 0 Å². The molecule has 5 heteroatoms. The lowest BCUT2D eigenvalue weighted by atomic mass is 10.0. The summed E-state index contributed by atoms with van der Waals surface area (Å²) >= 11 is 0. The number of hydrogen-bond acceptors (Lipinski definition) is 4. The van der Waals surface area contributed by atoms with E-state index in [0.29, 0.717) is 12.8 Å². The van der Waals surface area contributed by atoms with Crippen LogP contribution in [-0.4, -0.2) is 46.1 Å². The molecule has 0 aromatic rings. The van der Waals surface area contributed by atoms with Gasteiger partial charge in [0.2, 0.25) is 5.91 Å². The zero-order chi connectivity index (χ0) is 45.8. The number of carbonyl (C=O) groups is 1. The third kappa shape index (κ3) is 48.3. The van der Waals surface area contributed by atoms with Crippen LogP contribution < -0.4 is 5.32 Å². The lowest BCUT2D eigenvalue weighted by Crippen LogP contribution is -2.50. The first-order valence-electron chi connectivity index (χ1n) is 28.3. The molecule has 0 rings (SSSR count). The van der Waals surface area contributed by atoms with Crippen molar-refractivity contribution in [3.05, 3.63) is 36.5 Å². The number of allylic oxidation sites excluding steroid dienone is 6. The minimum absolute atomic E-state index is 0.157. The van der Waals surface area contributed by atoms with Crippen molar-refractivity contribution in [1.82, 2.24) is 5.32 Å². The predicted octanol–water partition coefficient (Wildman–Crippen LogP) is 17.4. The van der Waals surface area contributed by atoms with Crippen LogP contribution in [0, 0.1) is 0 Å². The number of aliphatic hydroxyl groups is 3. The van der Waals surface area contributed by atoms with Crippen LogP contribution in [-0.2, 0) is 4.79 Å². The van der Waals surface area contributed by atoms with Crippen LogP contribution in [0.2, 0.25) is 0 Å². The number of aliphatic hydroxyl groups excluding tert-OH is 3. The van der Waals surface area contributed by atoms with E-state index in [9.17, 15) is 20.1 Å². The van der Waals surface area contributed by atoms with E-state index in [1.54, 1.807) is 0 Å². The maximum atomic E-state index is 12.4. The summed E-state index contributed by atoms with van der Waals surface area (Å²) in [5, 5.41) is 33.4. The van der Waals surface area contributed by atoms with Crippen molar-refractivity contribution in [3.63, 3.8) is 0 Å². The molecule has 4 N–H and O–H groups in total. The summed E-state index contributed by atoms with van der Waals surface area (Å²) in [4.78, 5) is 12.4. The summed E-state index contributed by atoms with van der Waals surface area (Å²) in [6.07, 6.45) is 69.2. The van der Waals surface area contributed by atoms with Gasteiger partial charge in [-0.25, -0.2) is 0 Å². The SMILES string of the molecule is CCC/C=C/CC/C=C/CCCC(O)C(O)C(CO)NC(=O)CCCCCCCCCCCCCCCCCCC/C=C\CCCCCCCCCCCCCCCCCCCC. The highest BCUT2D eigenvalue weighted by Crippen LogP contribution is 2.17. The normalized spacial score (nSPS) is 13.5. The van der Waals surface area contributed by atoms with Gasteiger partial charge in [0, 0.05) is 6.42 Å². The molecule has 0 heterocycles. The molecule has 1 amide bonds. The monoisotopic (exact) mass is 886 g/mol. The van der Waals surface area contributed by atoms with Gasteiger partial charge in [0.25, 0.3) is 0 Å². The molecule has 3 unspecified atom stereocenters. The first kappa shape index (κ1) is 61.6. The molecule has 0 spiro atoms. The number of rotatable bonds is 52. The molecule has 0 saturated carbocycles. The number of amides is 1. The van der Waals surface area contributed by atoms with Gasteiger partial charge in [-0.1, -0.05) is 262 Å². The van der Waals surface area contributed by atoms with E-state index < -0.39 is 18.2 Å². The lowest BCUT2D eigenvalue weighted by Gasteiger charge is -2.26. The van der Waals surface area contributed by atoms with Crippen LogP contribution in [0.4, 0.5) is 0 Å². The van der Waals surface area contributed by atoms with Crippen molar-refractivity contribution >= 4 is 5.91 Å². The molecule has 0 saturated heterocycles. The molecule has 0 aromatic carbocycles. The zero-order valence-corrected chi connectivity index (χ0v) is 42.5. The van der Waals surface area contributed by atoms with Crippen molar-refractivity contribution in [3.8, 4) is 0 Å². The highest BCUT2D eigenvalue weighted by molar-refractivity contribution is 5.76. The third-order valence-electron chi connectivity index (χ3n) is 13.2. The van der Waals surface area contributed by atoms with Crippen LogP contribution in [0.1, 0.15) is 303 Å². The standard InChI is InChI=1S/C58H111NO4/c1-3-5-7-9-11-13-15-16-17-18-19-20-21-22-23-24-25-26-27-28-29-30-31-32-33-34-35-36-37-38-39-40-41-42-43-45-47-49-51-53-57(62)59-55(54-60)58(63)56(61)52-50-48-46-44-14-12-10-8-6-4-2/h8,10,28-29,44,46,55-56,58,60-61,63H,3-7,9,11-27,30-43,45,47-54H2,1-2H3,(H,59,62)/b10-8+,29-28-,46-44+. The van der Waals surface area contributed by atoms with E-state index in [1.165, 1.54) is 225 Å². The van der Waals surface area contributed by atoms with Crippen molar-refractivity contribution < 1.29 is 20.1 Å². The van der Waals surface area contributed by atoms with Gasteiger partial charge in [0.05, 0.1) is 18.8 Å². The second-order valence-corrected chi connectivity index (χ2v) is 19.5. The van der Waals surface area contributed by atoms with E-state index in [0.717, 1.165) is 51.4 Å². The molecule has 63 heavy (non-hydrogen) atoms. The summed E-state index contributed by atoms with van der Waals surface area (Å²) in [7, 11) is 0. The Kier molecular flexibility index (Phi) is 52.0. The van der Waals surface area contributed by atoms with Gasteiger partial charge < -0.3 is 20.6 Å². The average molecular weight is 887 g/mol. The van der Waals surface area contributed by atoms with Crippen molar-refractivity contribution in [2.75, 3.05) is 6.61 Å². The lowest BCUT2D eigenvalue weighted by molar-refractivity contribution is -0.124.